The number of nitrogens with zero attached hydrogens (tertiary/aromatic N) is 1. The van der Waals surface area contributed by atoms with Crippen LogP contribution in [0, 0.1) is 0 Å². The van der Waals surface area contributed by atoms with E-state index >= 15 is 0 Å². The van der Waals surface area contributed by atoms with Crippen molar-refractivity contribution in [3.05, 3.63) is 35.9 Å². The number of rotatable bonds is 5. The molecule has 1 fully saturated rings. The summed E-state index contributed by atoms with van der Waals surface area (Å²) in [5.41, 5.74) is 1.42. The van der Waals surface area contributed by atoms with Crippen LogP contribution in [-0.4, -0.2) is 50.8 Å². The van der Waals surface area contributed by atoms with Crippen molar-refractivity contribution in [2.75, 3.05) is 39.9 Å². The molecule has 1 atom stereocenters. The third kappa shape index (κ3) is 3.80. The number of benzene rings is 1. The van der Waals surface area contributed by atoms with Gasteiger partial charge < -0.3 is 10.1 Å². The van der Waals surface area contributed by atoms with E-state index < -0.39 is 0 Å². The molecular formula is C14H22N2O. The molecule has 17 heavy (non-hydrogen) atoms. The molecule has 1 aliphatic rings. The van der Waals surface area contributed by atoms with Gasteiger partial charge in [0.25, 0.3) is 0 Å². The summed E-state index contributed by atoms with van der Waals surface area (Å²) >= 11 is 0. The van der Waals surface area contributed by atoms with Gasteiger partial charge in [-0.25, -0.2) is 0 Å². The highest BCUT2D eigenvalue weighted by molar-refractivity contribution is 5.14. The van der Waals surface area contributed by atoms with Crippen molar-refractivity contribution in [3.63, 3.8) is 0 Å². The highest BCUT2D eigenvalue weighted by Crippen LogP contribution is 2.07. The summed E-state index contributed by atoms with van der Waals surface area (Å²) in [5.74, 6) is 0. The van der Waals surface area contributed by atoms with Gasteiger partial charge in [0, 0.05) is 39.3 Å². The topological polar surface area (TPSA) is 24.5 Å². The van der Waals surface area contributed by atoms with E-state index in [0.29, 0.717) is 6.04 Å². The fraction of sp³-hybridized carbons (Fsp3) is 0.571. The summed E-state index contributed by atoms with van der Waals surface area (Å²) in [6.07, 6.45) is 1.13. The Morgan fingerprint density at radius 1 is 1.35 bits per heavy atom. The first-order valence-electron chi connectivity index (χ1n) is 6.38. The Morgan fingerprint density at radius 3 is 2.94 bits per heavy atom. The Hall–Kier alpha value is -0.900. The summed E-state index contributed by atoms with van der Waals surface area (Å²) in [4.78, 5) is 2.53. The Morgan fingerprint density at radius 2 is 2.18 bits per heavy atom. The molecule has 0 spiro atoms. The molecule has 3 heteroatoms. The summed E-state index contributed by atoms with van der Waals surface area (Å²) in [6.45, 7) is 5.21. The van der Waals surface area contributed by atoms with Crippen LogP contribution in [0.15, 0.2) is 30.3 Å². The average molecular weight is 234 g/mol. The van der Waals surface area contributed by atoms with Crippen molar-refractivity contribution in [2.45, 2.75) is 12.5 Å². The normalized spacial score (nSPS) is 21.6. The lowest BCUT2D eigenvalue weighted by molar-refractivity contribution is 0.0744. The third-order valence-electron chi connectivity index (χ3n) is 3.36. The molecule has 1 aliphatic heterocycles. The largest absolute Gasteiger partial charge is 0.383 e. The van der Waals surface area contributed by atoms with Crippen LogP contribution in [0.25, 0.3) is 0 Å². The van der Waals surface area contributed by atoms with Gasteiger partial charge in [0.2, 0.25) is 0 Å². The van der Waals surface area contributed by atoms with Gasteiger partial charge in [-0.3, -0.25) is 4.90 Å². The second kappa shape index (κ2) is 6.74. The van der Waals surface area contributed by atoms with Crippen LogP contribution in [0.3, 0.4) is 0 Å². The van der Waals surface area contributed by atoms with E-state index in [2.05, 4.69) is 40.5 Å². The van der Waals surface area contributed by atoms with Crippen molar-refractivity contribution < 1.29 is 4.74 Å². The summed E-state index contributed by atoms with van der Waals surface area (Å²) < 4.78 is 5.28. The van der Waals surface area contributed by atoms with Crippen molar-refractivity contribution >= 4 is 0 Å². The molecule has 0 aromatic heterocycles. The Bertz CT molecular complexity index is 313. The van der Waals surface area contributed by atoms with Gasteiger partial charge >= 0.3 is 0 Å². The monoisotopic (exact) mass is 234 g/mol. The predicted octanol–water partition coefficient (Wildman–Crippen LogP) is 1.15. The van der Waals surface area contributed by atoms with E-state index in [0.717, 1.165) is 39.2 Å². The van der Waals surface area contributed by atoms with E-state index in [-0.39, 0.29) is 0 Å². The van der Waals surface area contributed by atoms with Crippen molar-refractivity contribution in [1.82, 2.24) is 10.2 Å². The Balaban J connectivity index is 1.84. The molecule has 0 amide bonds. The lowest BCUT2D eigenvalue weighted by Crippen LogP contribution is -2.53. The van der Waals surface area contributed by atoms with Gasteiger partial charge in [-0.15, -0.1) is 0 Å². The molecule has 1 aromatic carbocycles. The molecule has 0 radical (unpaired) electrons. The number of methoxy groups -OCH3 is 1. The van der Waals surface area contributed by atoms with E-state index in [4.69, 9.17) is 4.74 Å². The second-order valence-electron chi connectivity index (χ2n) is 4.58. The van der Waals surface area contributed by atoms with Crippen LogP contribution in [0.5, 0.6) is 0 Å². The predicted molar refractivity (Wildman–Crippen MR) is 70.3 cm³/mol. The Kier molecular flexibility index (Phi) is 4.98. The number of nitrogens with one attached hydrogen (secondary N) is 1. The zero-order valence-corrected chi connectivity index (χ0v) is 10.6. The van der Waals surface area contributed by atoms with Gasteiger partial charge in [-0.05, 0) is 12.0 Å². The second-order valence-corrected chi connectivity index (χ2v) is 4.58. The van der Waals surface area contributed by atoms with Crippen molar-refractivity contribution in [2.24, 2.45) is 0 Å². The minimum atomic E-state index is 0.525. The van der Waals surface area contributed by atoms with E-state index in [1.54, 1.807) is 7.11 Å². The van der Waals surface area contributed by atoms with Gasteiger partial charge in [0.05, 0.1) is 6.61 Å². The highest BCUT2D eigenvalue weighted by atomic mass is 16.5. The minimum Gasteiger partial charge on any atom is -0.383 e. The van der Waals surface area contributed by atoms with E-state index in [1.807, 2.05) is 0 Å². The number of piperazine rings is 1. The Labute approximate surface area is 104 Å². The van der Waals surface area contributed by atoms with E-state index in [9.17, 15) is 0 Å². The van der Waals surface area contributed by atoms with E-state index in [1.165, 1.54) is 5.56 Å². The SMILES string of the molecule is COCC1CNCCN1CCc1ccccc1. The standard InChI is InChI=1S/C14H22N2O/c1-17-12-14-11-15-8-10-16(14)9-7-13-5-3-2-4-6-13/h2-6,14-15H,7-12H2,1H3. The van der Waals surface area contributed by atoms with Gasteiger partial charge in [0.1, 0.15) is 0 Å². The molecule has 1 N–H and O–H groups in total. The smallest absolute Gasteiger partial charge is 0.0630 e. The van der Waals surface area contributed by atoms with Crippen LogP contribution in [0.2, 0.25) is 0 Å². The molecule has 0 bridgehead atoms. The molecule has 0 saturated carbocycles. The first-order chi connectivity index (χ1) is 8.40. The van der Waals surface area contributed by atoms with Crippen LogP contribution in [0.4, 0.5) is 0 Å². The average Bonchev–Trinajstić information content (AvgIpc) is 2.39. The third-order valence-corrected chi connectivity index (χ3v) is 3.36. The molecule has 1 saturated heterocycles. The van der Waals surface area contributed by atoms with Crippen molar-refractivity contribution in [3.8, 4) is 0 Å². The molecular weight excluding hydrogens is 212 g/mol. The maximum Gasteiger partial charge on any atom is 0.0630 e. The zero-order valence-electron chi connectivity index (χ0n) is 10.6. The van der Waals surface area contributed by atoms with Crippen LogP contribution in [-0.2, 0) is 11.2 Å². The van der Waals surface area contributed by atoms with Gasteiger partial charge in [-0.2, -0.15) is 0 Å². The summed E-state index contributed by atoms with van der Waals surface area (Å²) in [6, 6.07) is 11.2. The molecule has 1 unspecified atom stereocenters. The molecule has 2 rings (SSSR count). The number of ether oxygens (including phenoxy) is 1. The van der Waals surface area contributed by atoms with Crippen molar-refractivity contribution in [1.29, 1.82) is 0 Å². The number of hydrogen-bond acceptors (Lipinski definition) is 3. The number of hydrogen-bond donors (Lipinski definition) is 1. The molecule has 1 aromatic rings. The quantitative estimate of drug-likeness (QED) is 0.827. The molecule has 94 valence electrons. The van der Waals surface area contributed by atoms with Gasteiger partial charge in [0.15, 0.2) is 0 Å². The van der Waals surface area contributed by atoms with Crippen LogP contribution < -0.4 is 5.32 Å². The molecule has 3 nitrogen and oxygen atoms in total. The van der Waals surface area contributed by atoms with Crippen LogP contribution >= 0.6 is 0 Å². The molecule has 0 aliphatic carbocycles. The first-order valence-corrected chi connectivity index (χ1v) is 6.38. The maximum absolute atomic E-state index is 5.28. The minimum absolute atomic E-state index is 0.525. The highest BCUT2D eigenvalue weighted by Gasteiger charge is 2.21. The zero-order chi connectivity index (χ0) is 11.9. The van der Waals surface area contributed by atoms with Gasteiger partial charge in [-0.1, -0.05) is 30.3 Å². The summed E-state index contributed by atoms with van der Waals surface area (Å²) in [7, 11) is 1.78. The molecule has 1 heterocycles. The maximum atomic E-state index is 5.28. The van der Waals surface area contributed by atoms with Crippen LogP contribution in [0.1, 0.15) is 5.56 Å². The first kappa shape index (κ1) is 12.6. The lowest BCUT2D eigenvalue weighted by Gasteiger charge is -2.35. The summed E-state index contributed by atoms with van der Waals surface area (Å²) in [5, 5.41) is 3.43. The fourth-order valence-electron chi connectivity index (χ4n) is 2.37. The fourth-order valence-corrected chi connectivity index (χ4v) is 2.37. The lowest BCUT2D eigenvalue weighted by atomic mass is 10.1.